The summed E-state index contributed by atoms with van der Waals surface area (Å²) in [6, 6.07) is 0. The summed E-state index contributed by atoms with van der Waals surface area (Å²) in [5, 5.41) is 22.3. The van der Waals surface area contributed by atoms with Crippen molar-refractivity contribution < 1.29 is 19.8 Å². The molecule has 3 saturated carbocycles. The molecule has 0 aromatic carbocycles. The molecule has 0 saturated heterocycles. The monoisotopic (exact) mass is 346 g/mol. The molecule has 4 rings (SSSR count). The minimum atomic E-state index is -1.30. The predicted octanol–water partition coefficient (Wildman–Crippen LogP) is 2.81. The minimum absolute atomic E-state index is 0.117. The molecule has 0 aromatic heterocycles. The van der Waals surface area contributed by atoms with E-state index in [1.165, 1.54) is 12.5 Å². The smallest absolute Gasteiger partial charge is 0.161 e. The van der Waals surface area contributed by atoms with Crippen LogP contribution in [0.4, 0.5) is 0 Å². The lowest BCUT2D eigenvalue weighted by Gasteiger charge is -2.60. The second-order valence-electron chi connectivity index (χ2n) is 9.53. The van der Waals surface area contributed by atoms with Gasteiger partial charge in [-0.3, -0.25) is 9.59 Å². The fraction of sp³-hybridized carbons (Fsp3) is 0.810. The molecule has 0 radical (unpaired) electrons. The molecule has 0 aromatic rings. The fourth-order valence-electron chi connectivity index (χ4n) is 7.27. The third-order valence-corrected chi connectivity index (χ3v) is 8.63. The SMILES string of the molecule is CC(=O)[C@@]1(O)CC[C@H]2[C@@H]3CCC4=CC(=O)CC[C@]4(C)C3[C@H](O)C[C@@]21C. The van der Waals surface area contributed by atoms with Crippen LogP contribution in [-0.4, -0.2) is 33.5 Å². The van der Waals surface area contributed by atoms with E-state index in [1.807, 2.05) is 13.0 Å². The normalized spacial score (nSPS) is 52.0. The summed E-state index contributed by atoms with van der Waals surface area (Å²) in [5.41, 5.74) is -0.744. The number of carbonyl (C=O) groups excluding carboxylic acids is 2. The van der Waals surface area contributed by atoms with Crippen molar-refractivity contribution in [3.63, 3.8) is 0 Å². The van der Waals surface area contributed by atoms with Gasteiger partial charge in [0.05, 0.1) is 6.10 Å². The Labute approximate surface area is 149 Å². The average Bonchev–Trinajstić information content (AvgIpc) is 2.80. The van der Waals surface area contributed by atoms with Crippen LogP contribution in [-0.2, 0) is 9.59 Å². The molecule has 2 N–H and O–H groups in total. The molecular weight excluding hydrogens is 316 g/mol. The second-order valence-corrected chi connectivity index (χ2v) is 9.53. The van der Waals surface area contributed by atoms with Gasteiger partial charge in [0.25, 0.3) is 0 Å². The summed E-state index contributed by atoms with van der Waals surface area (Å²) in [6.45, 7) is 5.73. The molecule has 0 aliphatic heterocycles. The van der Waals surface area contributed by atoms with E-state index in [4.69, 9.17) is 0 Å². The Bertz CT molecular complexity index is 667. The molecule has 0 bridgehead atoms. The first-order valence-electron chi connectivity index (χ1n) is 9.79. The molecule has 0 heterocycles. The van der Waals surface area contributed by atoms with E-state index in [-0.39, 0.29) is 28.8 Å². The molecule has 3 fully saturated rings. The van der Waals surface area contributed by atoms with Gasteiger partial charge in [-0.1, -0.05) is 19.4 Å². The Balaban J connectivity index is 1.75. The number of aliphatic hydroxyl groups is 2. The highest BCUT2D eigenvalue weighted by molar-refractivity contribution is 5.91. The van der Waals surface area contributed by atoms with Gasteiger partial charge in [0.15, 0.2) is 11.6 Å². The van der Waals surface area contributed by atoms with Crippen LogP contribution in [0, 0.1) is 28.6 Å². The minimum Gasteiger partial charge on any atom is -0.393 e. The Morgan fingerprint density at radius 1 is 1.20 bits per heavy atom. The Morgan fingerprint density at radius 3 is 2.60 bits per heavy atom. The molecule has 138 valence electrons. The van der Waals surface area contributed by atoms with Crippen LogP contribution < -0.4 is 0 Å². The molecule has 25 heavy (non-hydrogen) atoms. The number of hydrogen-bond donors (Lipinski definition) is 2. The van der Waals surface area contributed by atoms with Crippen molar-refractivity contribution in [1.29, 1.82) is 0 Å². The molecule has 4 nitrogen and oxygen atoms in total. The lowest BCUT2D eigenvalue weighted by Crippen LogP contribution is -2.61. The largest absolute Gasteiger partial charge is 0.393 e. The van der Waals surface area contributed by atoms with Gasteiger partial charge in [-0.05, 0) is 74.7 Å². The van der Waals surface area contributed by atoms with E-state index in [0.717, 1.165) is 25.7 Å². The fourth-order valence-corrected chi connectivity index (χ4v) is 7.27. The average molecular weight is 346 g/mol. The number of hydrogen-bond acceptors (Lipinski definition) is 4. The zero-order valence-electron chi connectivity index (χ0n) is 15.5. The lowest BCUT2D eigenvalue weighted by molar-refractivity contribution is -0.179. The molecule has 7 atom stereocenters. The van der Waals surface area contributed by atoms with Gasteiger partial charge >= 0.3 is 0 Å². The van der Waals surface area contributed by atoms with E-state index in [2.05, 4.69) is 6.92 Å². The van der Waals surface area contributed by atoms with Crippen molar-refractivity contribution in [1.82, 2.24) is 0 Å². The molecule has 4 aliphatic carbocycles. The highest BCUT2D eigenvalue weighted by Crippen LogP contribution is 2.67. The molecule has 4 heteroatoms. The van der Waals surface area contributed by atoms with Crippen LogP contribution >= 0.6 is 0 Å². The van der Waals surface area contributed by atoms with E-state index in [9.17, 15) is 19.8 Å². The van der Waals surface area contributed by atoms with Crippen molar-refractivity contribution in [3.05, 3.63) is 11.6 Å². The van der Waals surface area contributed by atoms with Gasteiger partial charge in [-0.15, -0.1) is 0 Å². The van der Waals surface area contributed by atoms with Crippen molar-refractivity contribution in [3.8, 4) is 0 Å². The number of fused-ring (bicyclic) bond motifs is 5. The van der Waals surface area contributed by atoms with Gasteiger partial charge in [0.2, 0.25) is 0 Å². The number of Topliss-reactive ketones (excluding diaryl/α,β-unsaturated/α-hetero) is 1. The zero-order chi connectivity index (χ0) is 18.2. The van der Waals surface area contributed by atoms with Crippen LogP contribution in [0.2, 0.25) is 0 Å². The van der Waals surface area contributed by atoms with Gasteiger partial charge < -0.3 is 10.2 Å². The maximum atomic E-state index is 12.2. The van der Waals surface area contributed by atoms with E-state index < -0.39 is 17.1 Å². The molecule has 0 spiro atoms. The summed E-state index contributed by atoms with van der Waals surface area (Å²) in [5.74, 6) is 0.776. The summed E-state index contributed by atoms with van der Waals surface area (Å²) in [6.07, 6.45) is 6.38. The van der Waals surface area contributed by atoms with Crippen molar-refractivity contribution in [2.75, 3.05) is 0 Å². The second kappa shape index (κ2) is 5.26. The Kier molecular flexibility index (Phi) is 3.66. The number of ketones is 2. The van der Waals surface area contributed by atoms with Crippen molar-refractivity contribution >= 4 is 11.6 Å². The predicted molar refractivity (Wildman–Crippen MR) is 93.7 cm³/mol. The topological polar surface area (TPSA) is 74.6 Å². The Hall–Kier alpha value is -1.00. The first-order chi connectivity index (χ1) is 11.6. The zero-order valence-corrected chi connectivity index (χ0v) is 15.5. The third-order valence-electron chi connectivity index (χ3n) is 8.63. The van der Waals surface area contributed by atoms with Gasteiger partial charge in [-0.2, -0.15) is 0 Å². The summed E-state index contributed by atoms with van der Waals surface area (Å²) in [4.78, 5) is 24.1. The Morgan fingerprint density at radius 2 is 1.92 bits per heavy atom. The summed E-state index contributed by atoms with van der Waals surface area (Å²) >= 11 is 0. The standard InChI is InChI=1S/C21H30O4/c1-12(22)21(25)9-7-16-15-5-4-13-10-14(23)6-8-19(13,2)18(15)17(24)11-20(16,21)3/h10,15-18,24-25H,4-9,11H2,1-3H3/t15-,16-,17+,18?,19-,20-,21-/m0/s1. The van der Waals surface area contributed by atoms with Crippen LogP contribution in [0.25, 0.3) is 0 Å². The molecule has 0 amide bonds. The highest BCUT2D eigenvalue weighted by Gasteiger charge is 2.67. The van der Waals surface area contributed by atoms with E-state index >= 15 is 0 Å². The summed E-state index contributed by atoms with van der Waals surface area (Å²) < 4.78 is 0. The van der Waals surface area contributed by atoms with Crippen molar-refractivity contribution in [2.24, 2.45) is 28.6 Å². The maximum Gasteiger partial charge on any atom is 0.161 e. The third kappa shape index (κ3) is 2.07. The van der Waals surface area contributed by atoms with Crippen LogP contribution in [0.3, 0.4) is 0 Å². The highest BCUT2D eigenvalue weighted by atomic mass is 16.3. The number of allylic oxidation sites excluding steroid dienone is 1. The van der Waals surface area contributed by atoms with Crippen LogP contribution in [0.1, 0.15) is 65.7 Å². The maximum absolute atomic E-state index is 12.2. The molecule has 1 unspecified atom stereocenters. The van der Waals surface area contributed by atoms with Crippen LogP contribution in [0.5, 0.6) is 0 Å². The van der Waals surface area contributed by atoms with Crippen LogP contribution in [0.15, 0.2) is 11.6 Å². The van der Waals surface area contributed by atoms with E-state index in [0.29, 0.717) is 25.2 Å². The first kappa shape index (κ1) is 17.4. The van der Waals surface area contributed by atoms with E-state index in [1.54, 1.807) is 0 Å². The number of carbonyl (C=O) groups is 2. The number of rotatable bonds is 1. The molecular formula is C21H30O4. The number of aliphatic hydroxyl groups excluding tert-OH is 1. The van der Waals surface area contributed by atoms with Gasteiger partial charge in [0.1, 0.15) is 5.60 Å². The van der Waals surface area contributed by atoms with Gasteiger partial charge in [0, 0.05) is 11.8 Å². The summed E-state index contributed by atoms with van der Waals surface area (Å²) in [7, 11) is 0. The molecule has 4 aliphatic rings. The quantitative estimate of drug-likeness (QED) is 0.766. The van der Waals surface area contributed by atoms with Crippen molar-refractivity contribution in [2.45, 2.75) is 77.4 Å². The lowest BCUT2D eigenvalue weighted by atomic mass is 9.45. The van der Waals surface area contributed by atoms with Gasteiger partial charge in [-0.25, -0.2) is 0 Å². The first-order valence-corrected chi connectivity index (χ1v) is 9.79.